The molecule has 0 aliphatic carbocycles. The maximum absolute atomic E-state index is 5.77. The van der Waals surface area contributed by atoms with Gasteiger partial charge in [-0.1, -0.05) is 13.0 Å². The lowest BCUT2D eigenvalue weighted by Crippen LogP contribution is -2.33. The van der Waals surface area contributed by atoms with Crippen LogP contribution in [0.3, 0.4) is 0 Å². The number of nitrogens with zero attached hydrogens (tertiary/aromatic N) is 3. The van der Waals surface area contributed by atoms with Gasteiger partial charge in [-0.15, -0.1) is 0 Å². The Balaban J connectivity index is 1.99. The van der Waals surface area contributed by atoms with Crippen molar-refractivity contribution >= 4 is 11.5 Å². The molecule has 1 aliphatic heterocycles. The Morgan fingerprint density at radius 2 is 2.11 bits per heavy atom. The van der Waals surface area contributed by atoms with E-state index in [1.807, 2.05) is 6.07 Å². The lowest BCUT2D eigenvalue weighted by atomic mass is 9.99. The molecule has 0 radical (unpaired) electrons. The van der Waals surface area contributed by atoms with Crippen molar-refractivity contribution in [3.8, 4) is 0 Å². The molecule has 2 aromatic heterocycles. The Labute approximate surface area is 114 Å². The summed E-state index contributed by atoms with van der Waals surface area (Å²) in [5, 5.41) is 0. The summed E-state index contributed by atoms with van der Waals surface area (Å²) in [4.78, 5) is 7.24. The van der Waals surface area contributed by atoms with E-state index in [4.69, 9.17) is 10.7 Å². The quantitative estimate of drug-likeness (QED) is 0.916. The fourth-order valence-corrected chi connectivity index (χ4v) is 2.88. The number of nitrogens with two attached hydrogens (primary N) is 1. The van der Waals surface area contributed by atoms with E-state index in [2.05, 4.69) is 34.6 Å². The van der Waals surface area contributed by atoms with Crippen LogP contribution >= 0.6 is 0 Å². The van der Waals surface area contributed by atoms with Crippen molar-refractivity contribution in [2.45, 2.75) is 26.2 Å². The highest BCUT2D eigenvalue weighted by molar-refractivity contribution is 5.56. The number of rotatable bonds is 3. The molecule has 102 valence electrons. The summed E-state index contributed by atoms with van der Waals surface area (Å²) >= 11 is 0. The largest absolute Gasteiger partial charge is 0.355 e. The third-order valence-electron chi connectivity index (χ3n) is 4.07. The summed E-state index contributed by atoms with van der Waals surface area (Å²) in [7, 11) is 0. The van der Waals surface area contributed by atoms with E-state index in [0.717, 1.165) is 36.9 Å². The fraction of sp³-hybridized carbons (Fsp3) is 0.533. The molecule has 0 bridgehead atoms. The van der Waals surface area contributed by atoms with E-state index in [9.17, 15) is 0 Å². The van der Waals surface area contributed by atoms with Gasteiger partial charge in [-0.25, -0.2) is 4.98 Å². The average molecular weight is 258 g/mol. The highest BCUT2D eigenvalue weighted by Gasteiger charge is 2.21. The molecule has 4 heteroatoms. The summed E-state index contributed by atoms with van der Waals surface area (Å²) in [5.41, 5.74) is 8.06. The molecule has 3 rings (SSSR count). The van der Waals surface area contributed by atoms with Gasteiger partial charge in [-0.3, -0.25) is 0 Å². The van der Waals surface area contributed by atoms with Crippen LogP contribution in [0.4, 0.5) is 5.82 Å². The van der Waals surface area contributed by atoms with Crippen molar-refractivity contribution in [2.24, 2.45) is 11.7 Å². The Hall–Kier alpha value is -1.55. The van der Waals surface area contributed by atoms with Crippen LogP contribution in [0.2, 0.25) is 0 Å². The van der Waals surface area contributed by atoms with E-state index in [1.54, 1.807) is 0 Å². The molecule has 2 aromatic rings. The van der Waals surface area contributed by atoms with Crippen molar-refractivity contribution in [2.75, 3.05) is 24.5 Å². The SMILES string of the molecule is CC1CCN(c2nc3ccccn3c2CCN)CC1. The van der Waals surface area contributed by atoms with Gasteiger partial charge in [-0.05, 0) is 37.4 Å². The predicted molar refractivity (Wildman–Crippen MR) is 78.6 cm³/mol. The Morgan fingerprint density at radius 3 is 2.84 bits per heavy atom. The number of aromatic nitrogens is 2. The fourth-order valence-electron chi connectivity index (χ4n) is 2.88. The zero-order valence-electron chi connectivity index (χ0n) is 11.5. The summed E-state index contributed by atoms with van der Waals surface area (Å²) in [6.45, 7) is 5.23. The van der Waals surface area contributed by atoms with Crippen molar-refractivity contribution in [3.63, 3.8) is 0 Å². The first-order valence-corrected chi connectivity index (χ1v) is 7.20. The van der Waals surface area contributed by atoms with Crippen LogP contribution in [-0.2, 0) is 6.42 Å². The van der Waals surface area contributed by atoms with E-state index in [-0.39, 0.29) is 0 Å². The van der Waals surface area contributed by atoms with Crippen LogP contribution in [-0.4, -0.2) is 29.0 Å². The lowest BCUT2D eigenvalue weighted by Gasteiger charge is -2.31. The molecule has 0 spiro atoms. The van der Waals surface area contributed by atoms with E-state index >= 15 is 0 Å². The number of hydrogen-bond acceptors (Lipinski definition) is 3. The molecule has 1 fully saturated rings. The van der Waals surface area contributed by atoms with Gasteiger partial charge in [0.1, 0.15) is 5.65 Å². The van der Waals surface area contributed by atoms with E-state index in [1.165, 1.54) is 18.5 Å². The van der Waals surface area contributed by atoms with Crippen LogP contribution < -0.4 is 10.6 Å². The number of hydrogen-bond donors (Lipinski definition) is 1. The Bertz CT molecular complexity index is 552. The molecule has 0 aromatic carbocycles. The molecular weight excluding hydrogens is 236 g/mol. The number of fused-ring (bicyclic) bond motifs is 1. The number of pyridine rings is 1. The smallest absolute Gasteiger partial charge is 0.151 e. The zero-order chi connectivity index (χ0) is 13.2. The first kappa shape index (κ1) is 12.5. The van der Waals surface area contributed by atoms with Gasteiger partial charge in [0.05, 0.1) is 5.69 Å². The van der Waals surface area contributed by atoms with Crippen LogP contribution in [0.15, 0.2) is 24.4 Å². The topological polar surface area (TPSA) is 46.6 Å². The summed E-state index contributed by atoms with van der Waals surface area (Å²) in [5.74, 6) is 1.98. The monoisotopic (exact) mass is 258 g/mol. The molecule has 4 nitrogen and oxygen atoms in total. The van der Waals surface area contributed by atoms with Gasteiger partial charge in [0, 0.05) is 25.7 Å². The van der Waals surface area contributed by atoms with Gasteiger partial charge >= 0.3 is 0 Å². The standard InChI is InChI=1S/C15H22N4/c1-12-6-10-18(11-7-12)15-13(5-8-16)19-9-3-2-4-14(19)17-15/h2-4,9,12H,5-8,10-11,16H2,1H3. The highest BCUT2D eigenvalue weighted by atomic mass is 15.2. The van der Waals surface area contributed by atoms with Crippen molar-refractivity contribution < 1.29 is 0 Å². The number of piperidine rings is 1. The molecule has 0 atom stereocenters. The van der Waals surface area contributed by atoms with Gasteiger partial charge in [0.25, 0.3) is 0 Å². The zero-order valence-corrected chi connectivity index (χ0v) is 11.5. The molecule has 2 N–H and O–H groups in total. The van der Waals surface area contributed by atoms with Crippen LogP contribution in [0, 0.1) is 5.92 Å². The molecule has 0 saturated carbocycles. The molecular formula is C15H22N4. The van der Waals surface area contributed by atoms with Crippen LogP contribution in [0.25, 0.3) is 5.65 Å². The summed E-state index contributed by atoms with van der Waals surface area (Å²) in [6, 6.07) is 6.16. The minimum absolute atomic E-state index is 0.667. The second kappa shape index (κ2) is 5.21. The lowest BCUT2D eigenvalue weighted by molar-refractivity contribution is 0.436. The molecule has 19 heavy (non-hydrogen) atoms. The van der Waals surface area contributed by atoms with Gasteiger partial charge in [0.2, 0.25) is 0 Å². The maximum atomic E-state index is 5.77. The predicted octanol–water partition coefficient (Wildman–Crippen LogP) is 2.07. The molecule has 0 amide bonds. The molecule has 1 saturated heterocycles. The van der Waals surface area contributed by atoms with E-state index in [0.29, 0.717) is 6.54 Å². The minimum atomic E-state index is 0.667. The van der Waals surface area contributed by atoms with Gasteiger partial charge in [-0.2, -0.15) is 0 Å². The molecule has 3 heterocycles. The van der Waals surface area contributed by atoms with Crippen LogP contribution in [0.1, 0.15) is 25.5 Å². The summed E-state index contributed by atoms with van der Waals surface area (Å²) < 4.78 is 2.18. The Morgan fingerprint density at radius 1 is 1.32 bits per heavy atom. The average Bonchev–Trinajstić information content (AvgIpc) is 2.79. The van der Waals surface area contributed by atoms with Crippen LogP contribution in [0.5, 0.6) is 0 Å². The Kier molecular flexibility index (Phi) is 3.42. The minimum Gasteiger partial charge on any atom is -0.355 e. The number of imidazole rings is 1. The van der Waals surface area contributed by atoms with Gasteiger partial charge in [0.15, 0.2) is 5.82 Å². The van der Waals surface area contributed by atoms with Crippen molar-refractivity contribution in [3.05, 3.63) is 30.1 Å². The van der Waals surface area contributed by atoms with E-state index < -0.39 is 0 Å². The van der Waals surface area contributed by atoms with Crippen molar-refractivity contribution in [1.82, 2.24) is 9.38 Å². The normalized spacial score (nSPS) is 17.3. The maximum Gasteiger partial charge on any atom is 0.151 e. The molecule has 1 aliphatic rings. The summed E-state index contributed by atoms with van der Waals surface area (Å²) in [6.07, 6.45) is 5.49. The van der Waals surface area contributed by atoms with Crippen molar-refractivity contribution in [1.29, 1.82) is 0 Å². The number of anilines is 1. The second-order valence-electron chi connectivity index (χ2n) is 5.52. The van der Waals surface area contributed by atoms with Gasteiger partial charge < -0.3 is 15.0 Å². The third kappa shape index (κ3) is 2.32. The third-order valence-corrected chi connectivity index (χ3v) is 4.07. The second-order valence-corrected chi connectivity index (χ2v) is 5.52. The molecule has 0 unspecified atom stereocenters. The highest BCUT2D eigenvalue weighted by Crippen LogP contribution is 2.26. The first-order valence-electron chi connectivity index (χ1n) is 7.20. The first-order chi connectivity index (χ1) is 9.29.